The van der Waals surface area contributed by atoms with Crippen LogP contribution in [0.25, 0.3) is 0 Å². The molecule has 17 heavy (non-hydrogen) atoms. The summed E-state index contributed by atoms with van der Waals surface area (Å²) in [4.78, 5) is 0. The van der Waals surface area contributed by atoms with E-state index in [4.69, 9.17) is 10.5 Å². The molecule has 0 amide bonds. The summed E-state index contributed by atoms with van der Waals surface area (Å²) in [6.07, 6.45) is 3.95. The summed E-state index contributed by atoms with van der Waals surface area (Å²) in [6.45, 7) is 2.78. The summed E-state index contributed by atoms with van der Waals surface area (Å²) in [5.74, 6) is 3.21. The Balaban J connectivity index is 2.43. The van der Waals surface area contributed by atoms with Crippen LogP contribution in [0, 0.1) is 0 Å². The van der Waals surface area contributed by atoms with Crippen LogP contribution in [-0.2, 0) is 12.3 Å². The van der Waals surface area contributed by atoms with E-state index < -0.39 is 0 Å². The zero-order valence-corrected chi connectivity index (χ0v) is 11.7. The lowest BCUT2D eigenvalue weighted by Gasteiger charge is -2.09. The smallest absolute Gasteiger partial charge is 0.123 e. The van der Waals surface area contributed by atoms with Gasteiger partial charge in [0.15, 0.2) is 0 Å². The van der Waals surface area contributed by atoms with Gasteiger partial charge in [0.1, 0.15) is 5.75 Å². The summed E-state index contributed by atoms with van der Waals surface area (Å²) in [7, 11) is 1.69. The Morgan fingerprint density at radius 1 is 1.29 bits per heavy atom. The number of thioether (sulfide) groups is 1. The van der Waals surface area contributed by atoms with Gasteiger partial charge in [-0.3, -0.25) is 0 Å². The Morgan fingerprint density at radius 2 is 2.12 bits per heavy atom. The van der Waals surface area contributed by atoms with Crippen LogP contribution in [0.1, 0.15) is 37.3 Å². The van der Waals surface area contributed by atoms with E-state index in [0.717, 1.165) is 17.1 Å². The minimum absolute atomic E-state index is 0.539. The molecule has 0 heterocycles. The second-order valence-electron chi connectivity index (χ2n) is 4.11. The van der Waals surface area contributed by atoms with Crippen molar-refractivity contribution in [3.05, 3.63) is 29.3 Å². The molecule has 0 aliphatic carbocycles. The zero-order valence-electron chi connectivity index (χ0n) is 10.9. The lowest BCUT2D eigenvalue weighted by atomic mass is 10.1. The van der Waals surface area contributed by atoms with Gasteiger partial charge in [0.25, 0.3) is 0 Å². The maximum absolute atomic E-state index is 5.70. The molecule has 2 N–H and O–H groups in total. The standard InChI is InChI=1S/C14H23NOS/c1-3-4-5-8-17-11-12-6-7-14(16-2)13(9-12)10-15/h6-7,9H,3-5,8,10-11,15H2,1-2H3. The molecule has 0 saturated carbocycles. The Hall–Kier alpha value is -0.670. The molecule has 2 nitrogen and oxygen atoms in total. The average Bonchev–Trinajstić information content (AvgIpc) is 2.38. The van der Waals surface area contributed by atoms with E-state index in [-0.39, 0.29) is 0 Å². The SMILES string of the molecule is CCCCCSCc1ccc(OC)c(CN)c1. The predicted octanol–water partition coefficient (Wildman–Crippen LogP) is 3.58. The molecule has 0 aromatic heterocycles. The van der Waals surface area contributed by atoms with Crippen molar-refractivity contribution in [3.8, 4) is 5.75 Å². The highest BCUT2D eigenvalue weighted by atomic mass is 32.2. The Morgan fingerprint density at radius 3 is 2.76 bits per heavy atom. The van der Waals surface area contributed by atoms with Crippen molar-refractivity contribution in [3.63, 3.8) is 0 Å². The van der Waals surface area contributed by atoms with Gasteiger partial charge in [-0.1, -0.05) is 25.8 Å². The first-order chi connectivity index (χ1) is 8.31. The fourth-order valence-corrected chi connectivity index (χ4v) is 2.69. The first-order valence-electron chi connectivity index (χ1n) is 6.25. The molecular formula is C14H23NOS. The predicted molar refractivity (Wildman–Crippen MR) is 76.6 cm³/mol. The molecule has 0 aliphatic heterocycles. The zero-order chi connectivity index (χ0) is 12.5. The molecule has 0 bridgehead atoms. The van der Waals surface area contributed by atoms with Gasteiger partial charge in [0, 0.05) is 17.9 Å². The summed E-state index contributed by atoms with van der Waals surface area (Å²) in [5.41, 5.74) is 8.14. The van der Waals surface area contributed by atoms with Crippen LogP contribution in [0.3, 0.4) is 0 Å². The van der Waals surface area contributed by atoms with Gasteiger partial charge < -0.3 is 10.5 Å². The van der Waals surface area contributed by atoms with Crippen molar-refractivity contribution < 1.29 is 4.74 Å². The summed E-state index contributed by atoms with van der Waals surface area (Å²) < 4.78 is 5.26. The Bertz CT molecular complexity index is 328. The van der Waals surface area contributed by atoms with Gasteiger partial charge in [-0.25, -0.2) is 0 Å². The first kappa shape index (κ1) is 14.4. The van der Waals surface area contributed by atoms with Crippen LogP contribution in [0.2, 0.25) is 0 Å². The molecule has 96 valence electrons. The molecule has 1 rings (SSSR count). The van der Waals surface area contributed by atoms with E-state index in [1.54, 1.807) is 7.11 Å². The highest BCUT2D eigenvalue weighted by Crippen LogP contribution is 2.22. The first-order valence-corrected chi connectivity index (χ1v) is 7.40. The molecule has 0 fully saturated rings. The van der Waals surface area contributed by atoms with Crippen LogP contribution in [0.4, 0.5) is 0 Å². The Kier molecular flexibility index (Phi) is 7.13. The van der Waals surface area contributed by atoms with Gasteiger partial charge in [0.2, 0.25) is 0 Å². The molecule has 0 radical (unpaired) electrons. The number of unbranched alkanes of at least 4 members (excludes halogenated alkanes) is 2. The number of ether oxygens (including phenoxy) is 1. The summed E-state index contributed by atoms with van der Waals surface area (Å²) in [6, 6.07) is 6.31. The molecule has 3 heteroatoms. The van der Waals surface area contributed by atoms with Crippen molar-refractivity contribution in [2.24, 2.45) is 5.73 Å². The number of benzene rings is 1. The fourth-order valence-electron chi connectivity index (χ4n) is 1.73. The molecule has 0 aliphatic rings. The highest BCUT2D eigenvalue weighted by molar-refractivity contribution is 7.98. The number of methoxy groups -OCH3 is 1. The molecule has 1 aromatic carbocycles. The van der Waals surface area contributed by atoms with Crippen molar-refractivity contribution in [1.29, 1.82) is 0 Å². The van der Waals surface area contributed by atoms with Crippen LogP contribution >= 0.6 is 11.8 Å². The van der Waals surface area contributed by atoms with E-state index in [0.29, 0.717) is 6.54 Å². The largest absolute Gasteiger partial charge is 0.496 e. The third-order valence-electron chi connectivity index (χ3n) is 2.73. The van der Waals surface area contributed by atoms with E-state index in [1.807, 2.05) is 17.8 Å². The lowest BCUT2D eigenvalue weighted by molar-refractivity contribution is 0.409. The number of hydrogen-bond acceptors (Lipinski definition) is 3. The van der Waals surface area contributed by atoms with E-state index in [2.05, 4.69) is 19.1 Å². The third-order valence-corrected chi connectivity index (χ3v) is 3.84. The monoisotopic (exact) mass is 253 g/mol. The van der Waals surface area contributed by atoms with Gasteiger partial charge in [-0.15, -0.1) is 0 Å². The number of nitrogens with two attached hydrogens (primary N) is 1. The Labute approximate surface area is 109 Å². The number of rotatable bonds is 8. The molecule has 0 unspecified atom stereocenters. The minimum atomic E-state index is 0.539. The molecule has 1 aromatic rings. The van der Waals surface area contributed by atoms with Crippen molar-refractivity contribution in [2.45, 2.75) is 38.5 Å². The highest BCUT2D eigenvalue weighted by Gasteiger charge is 2.02. The van der Waals surface area contributed by atoms with Crippen LogP contribution in [-0.4, -0.2) is 12.9 Å². The normalized spacial score (nSPS) is 10.5. The average molecular weight is 253 g/mol. The molecule has 0 atom stereocenters. The lowest BCUT2D eigenvalue weighted by Crippen LogP contribution is -2.00. The van der Waals surface area contributed by atoms with Crippen LogP contribution < -0.4 is 10.5 Å². The van der Waals surface area contributed by atoms with Crippen LogP contribution in [0.5, 0.6) is 5.75 Å². The summed E-state index contributed by atoms with van der Waals surface area (Å²) >= 11 is 2.00. The van der Waals surface area contributed by atoms with Crippen molar-refractivity contribution >= 4 is 11.8 Å². The van der Waals surface area contributed by atoms with Gasteiger partial charge >= 0.3 is 0 Å². The fraction of sp³-hybridized carbons (Fsp3) is 0.571. The van der Waals surface area contributed by atoms with Gasteiger partial charge in [-0.05, 0) is 29.9 Å². The molecular weight excluding hydrogens is 230 g/mol. The van der Waals surface area contributed by atoms with Crippen molar-refractivity contribution in [2.75, 3.05) is 12.9 Å². The quantitative estimate of drug-likeness (QED) is 0.719. The van der Waals surface area contributed by atoms with Gasteiger partial charge in [-0.2, -0.15) is 11.8 Å². The van der Waals surface area contributed by atoms with E-state index in [9.17, 15) is 0 Å². The second kappa shape index (κ2) is 8.43. The van der Waals surface area contributed by atoms with E-state index in [1.165, 1.54) is 30.6 Å². The molecule has 0 spiro atoms. The maximum Gasteiger partial charge on any atom is 0.123 e. The van der Waals surface area contributed by atoms with Crippen LogP contribution in [0.15, 0.2) is 18.2 Å². The summed E-state index contributed by atoms with van der Waals surface area (Å²) in [5, 5.41) is 0. The topological polar surface area (TPSA) is 35.2 Å². The second-order valence-corrected chi connectivity index (χ2v) is 5.22. The third kappa shape index (κ3) is 5.00. The maximum atomic E-state index is 5.70. The van der Waals surface area contributed by atoms with E-state index >= 15 is 0 Å². The minimum Gasteiger partial charge on any atom is -0.496 e. The van der Waals surface area contributed by atoms with Gasteiger partial charge in [0.05, 0.1) is 7.11 Å². The molecule has 0 saturated heterocycles. The number of hydrogen-bond donors (Lipinski definition) is 1. The van der Waals surface area contributed by atoms with Crippen molar-refractivity contribution in [1.82, 2.24) is 0 Å².